The molecule has 0 unspecified atom stereocenters. The SMILES string of the molecule is C=CC(=O)NCCC(=O)N1CCC2(CC1)OCCc1ccccc12. The van der Waals surface area contributed by atoms with Gasteiger partial charge in [0.25, 0.3) is 0 Å². The van der Waals surface area contributed by atoms with Gasteiger partial charge in [0.05, 0.1) is 12.2 Å². The molecule has 2 amide bonds. The van der Waals surface area contributed by atoms with Gasteiger partial charge in [0.15, 0.2) is 0 Å². The van der Waals surface area contributed by atoms with Crippen LogP contribution in [0.15, 0.2) is 36.9 Å². The van der Waals surface area contributed by atoms with Crippen LogP contribution in [0.5, 0.6) is 0 Å². The lowest BCUT2D eigenvalue weighted by Gasteiger charge is -2.45. The number of nitrogens with one attached hydrogen (secondary N) is 1. The van der Waals surface area contributed by atoms with E-state index in [0.717, 1.165) is 25.9 Å². The van der Waals surface area contributed by atoms with Crippen molar-refractivity contribution < 1.29 is 14.3 Å². The molecule has 1 saturated heterocycles. The van der Waals surface area contributed by atoms with E-state index in [0.29, 0.717) is 26.1 Å². The fourth-order valence-corrected chi connectivity index (χ4v) is 3.67. The van der Waals surface area contributed by atoms with Crippen LogP contribution in [0, 0.1) is 0 Å². The Morgan fingerprint density at radius 1 is 1.29 bits per heavy atom. The largest absolute Gasteiger partial charge is 0.370 e. The van der Waals surface area contributed by atoms with Gasteiger partial charge in [0, 0.05) is 26.1 Å². The predicted molar refractivity (Wildman–Crippen MR) is 91.4 cm³/mol. The molecule has 128 valence electrons. The van der Waals surface area contributed by atoms with E-state index in [1.807, 2.05) is 4.90 Å². The van der Waals surface area contributed by atoms with Crippen LogP contribution in [0.1, 0.15) is 30.4 Å². The van der Waals surface area contributed by atoms with E-state index in [1.54, 1.807) is 0 Å². The van der Waals surface area contributed by atoms with Crippen LogP contribution in [0.25, 0.3) is 0 Å². The van der Waals surface area contributed by atoms with Gasteiger partial charge in [-0.2, -0.15) is 0 Å². The van der Waals surface area contributed by atoms with Gasteiger partial charge >= 0.3 is 0 Å². The van der Waals surface area contributed by atoms with Gasteiger partial charge in [-0.25, -0.2) is 0 Å². The number of carbonyl (C=O) groups excluding carboxylic acids is 2. The number of fused-ring (bicyclic) bond motifs is 2. The molecule has 1 aromatic carbocycles. The molecule has 2 heterocycles. The second kappa shape index (κ2) is 7.18. The Kier molecular flexibility index (Phi) is 5.00. The number of rotatable bonds is 4. The molecule has 2 aliphatic rings. The van der Waals surface area contributed by atoms with Crippen molar-refractivity contribution in [3.05, 3.63) is 48.0 Å². The van der Waals surface area contributed by atoms with E-state index in [1.165, 1.54) is 17.2 Å². The Labute approximate surface area is 142 Å². The summed E-state index contributed by atoms with van der Waals surface area (Å²) in [5, 5.41) is 2.64. The van der Waals surface area contributed by atoms with Crippen molar-refractivity contribution in [1.82, 2.24) is 10.2 Å². The fraction of sp³-hybridized carbons (Fsp3) is 0.474. The Morgan fingerprint density at radius 3 is 2.79 bits per heavy atom. The Hall–Kier alpha value is -2.14. The van der Waals surface area contributed by atoms with Crippen LogP contribution in [0.2, 0.25) is 0 Å². The third-order valence-electron chi connectivity index (χ3n) is 5.01. The zero-order chi connectivity index (χ0) is 17.0. The second-order valence-electron chi connectivity index (χ2n) is 6.38. The van der Waals surface area contributed by atoms with Crippen LogP contribution < -0.4 is 5.32 Å². The Balaban J connectivity index is 1.57. The maximum absolute atomic E-state index is 12.3. The third-order valence-corrected chi connectivity index (χ3v) is 5.01. The molecule has 0 radical (unpaired) electrons. The number of likely N-dealkylation sites (tertiary alicyclic amines) is 1. The molecule has 5 heteroatoms. The van der Waals surface area contributed by atoms with Gasteiger partial charge in [-0.1, -0.05) is 30.8 Å². The number of amides is 2. The van der Waals surface area contributed by atoms with E-state index < -0.39 is 0 Å². The van der Waals surface area contributed by atoms with E-state index >= 15 is 0 Å². The van der Waals surface area contributed by atoms with Crippen LogP contribution >= 0.6 is 0 Å². The Morgan fingerprint density at radius 2 is 2.04 bits per heavy atom. The number of ether oxygens (including phenoxy) is 1. The lowest BCUT2D eigenvalue weighted by Crippen LogP contribution is -2.48. The molecule has 0 bridgehead atoms. The summed E-state index contributed by atoms with van der Waals surface area (Å²) in [6.07, 6.45) is 4.16. The first kappa shape index (κ1) is 16.7. The molecule has 0 saturated carbocycles. The minimum atomic E-state index is -0.243. The maximum Gasteiger partial charge on any atom is 0.243 e. The summed E-state index contributed by atoms with van der Waals surface area (Å²) in [5.41, 5.74) is 2.43. The highest BCUT2D eigenvalue weighted by molar-refractivity contribution is 5.87. The molecule has 0 atom stereocenters. The highest BCUT2D eigenvalue weighted by Crippen LogP contribution is 2.41. The first-order valence-corrected chi connectivity index (χ1v) is 8.55. The monoisotopic (exact) mass is 328 g/mol. The zero-order valence-corrected chi connectivity index (χ0v) is 13.9. The lowest BCUT2D eigenvalue weighted by molar-refractivity contribution is -0.140. The van der Waals surface area contributed by atoms with Gasteiger partial charge in [-0.05, 0) is 36.5 Å². The van der Waals surface area contributed by atoms with Crippen molar-refractivity contribution >= 4 is 11.8 Å². The zero-order valence-electron chi connectivity index (χ0n) is 13.9. The molecular weight excluding hydrogens is 304 g/mol. The van der Waals surface area contributed by atoms with Crippen LogP contribution in [-0.4, -0.2) is 43.0 Å². The molecule has 24 heavy (non-hydrogen) atoms. The molecule has 2 aliphatic heterocycles. The summed E-state index contributed by atoms with van der Waals surface area (Å²) >= 11 is 0. The van der Waals surface area contributed by atoms with Gasteiger partial charge in [-0.3, -0.25) is 9.59 Å². The van der Waals surface area contributed by atoms with Gasteiger partial charge in [0.1, 0.15) is 0 Å². The molecule has 3 rings (SSSR count). The summed E-state index contributed by atoms with van der Waals surface area (Å²) < 4.78 is 6.18. The van der Waals surface area contributed by atoms with Gasteiger partial charge < -0.3 is 15.0 Å². The van der Waals surface area contributed by atoms with Crippen molar-refractivity contribution in [1.29, 1.82) is 0 Å². The van der Waals surface area contributed by atoms with E-state index in [2.05, 4.69) is 36.2 Å². The Bertz CT molecular complexity index is 633. The molecular formula is C19H24N2O3. The van der Waals surface area contributed by atoms with Gasteiger partial charge in [0.2, 0.25) is 11.8 Å². The molecule has 1 fully saturated rings. The van der Waals surface area contributed by atoms with Crippen molar-refractivity contribution in [3.63, 3.8) is 0 Å². The molecule has 0 aromatic heterocycles. The number of piperidine rings is 1. The second-order valence-corrected chi connectivity index (χ2v) is 6.38. The first-order chi connectivity index (χ1) is 11.6. The van der Waals surface area contributed by atoms with E-state index in [-0.39, 0.29) is 17.4 Å². The summed E-state index contributed by atoms with van der Waals surface area (Å²) in [7, 11) is 0. The number of benzene rings is 1. The average Bonchev–Trinajstić information content (AvgIpc) is 2.62. The summed E-state index contributed by atoms with van der Waals surface area (Å²) in [5.74, 6) is -0.161. The highest BCUT2D eigenvalue weighted by Gasteiger charge is 2.41. The average molecular weight is 328 g/mol. The van der Waals surface area contributed by atoms with Crippen LogP contribution in [0.4, 0.5) is 0 Å². The molecule has 0 aliphatic carbocycles. The minimum Gasteiger partial charge on any atom is -0.370 e. The third kappa shape index (κ3) is 3.36. The number of carbonyl (C=O) groups is 2. The van der Waals surface area contributed by atoms with Gasteiger partial charge in [-0.15, -0.1) is 0 Å². The quantitative estimate of drug-likeness (QED) is 0.857. The topological polar surface area (TPSA) is 58.6 Å². The minimum absolute atomic E-state index is 0.0818. The number of hydrogen-bond donors (Lipinski definition) is 1. The van der Waals surface area contributed by atoms with Crippen molar-refractivity contribution in [3.8, 4) is 0 Å². The molecule has 5 nitrogen and oxygen atoms in total. The lowest BCUT2D eigenvalue weighted by atomic mass is 9.79. The smallest absolute Gasteiger partial charge is 0.243 e. The van der Waals surface area contributed by atoms with E-state index in [4.69, 9.17) is 4.74 Å². The van der Waals surface area contributed by atoms with Crippen molar-refractivity contribution in [2.24, 2.45) is 0 Å². The number of nitrogens with zero attached hydrogens (tertiary/aromatic N) is 1. The standard InChI is InChI=1S/C19H24N2O3/c1-2-17(22)20-11-7-18(23)21-12-9-19(10-13-21)16-6-4-3-5-15(16)8-14-24-19/h2-6H,1,7-14H2,(H,20,22). The van der Waals surface area contributed by atoms with E-state index in [9.17, 15) is 9.59 Å². The molecule has 1 spiro atoms. The summed E-state index contributed by atoms with van der Waals surface area (Å²) in [4.78, 5) is 25.3. The van der Waals surface area contributed by atoms with Crippen molar-refractivity contribution in [2.45, 2.75) is 31.3 Å². The molecule has 1 aromatic rings. The fourth-order valence-electron chi connectivity index (χ4n) is 3.67. The first-order valence-electron chi connectivity index (χ1n) is 8.55. The predicted octanol–water partition coefficient (Wildman–Crippen LogP) is 1.77. The van der Waals surface area contributed by atoms with Crippen LogP contribution in [0.3, 0.4) is 0 Å². The number of hydrogen-bond acceptors (Lipinski definition) is 3. The molecule has 1 N–H and O–H groups in total. The highest BCUT2D eigenvalue weighted by atomic mass is 16.5. The maximum atomic E-state index is 12.3. The summed E-state index contributed by atoms with van der Waals surface area (Å²) in [6, 6.07) is 8.49. The summed E-state index contributed by atoms with van der Waals surface area (Å²) in [6.45, 7) is 5.89. The normalized spacial score (nSPS) is 18.8. The van der Waals surface area contributed by atoms with Crippen LogP contribution in [-0.2, 0) is 26.3 Å². The van der Waals surface area contributed by atoms with Crippen molar-refractivity contribution in [2.75, 3.05) is 26.2 Å².